The number of aryl methyl sites for hydroxylation is 2. The standard InChI is InChI=1S/C12H17N5O2S/c1-3-11-15-12(4-2)17(16-11)8-5-6-10(9(13)7-8)20(14,18)19/h5-7H,3-4,13H2,1-2H3,(H2,14,18,19). The van der Waals surface area contributed by atoms with Crippen molar-refractivity contribution in [2.24, 2.45) is 5.14 Å². The van der Waals surface area contributed by atoms with Crippen LogP contribution >= 0.6 is 0 Å². The fourth-order valence-electron chi connectivity index (χ4n) is 1.90. The molecule has 0 atom stereocenters. The lowest BCUT2D eigenvalue weighted by Crippen LogP contribution is -2.15. The molecule has 0 fully saturated rings. The molecule has 1 aromatic heterocycles. The molecule has 1 aromatic carbocycles. The van der Waals surface area contributed by atoms with Crippen LogP contribution < -0.4 is 10.9 Å². The summed E-state index contributed by atoms with van der Waals surface area (Å²) in [7, 11) is -3.82. The van der Waals surface area contributed by atoms with E-state index in [1.54, 1.807) is 10.7 Å². The van der Waals surface area contributed by atoms with Gasteiger partial charge in [-0.3, -0.25) is 0 Å². The lowest BCUT2D eigenvalue weighted by molar-refractivity contribution is 0.598. The SMILES string of the molecule is CCc1nc(CC)n(-c2ccc(S(N)(=O)=O)c(N)c2)n1. The summed E-state index contributed by atoms with van der Waals surface area (Å²) >= 11 is 0. The van der Waals surface area contributed by atoms with Gasteiger partial charge >= 0.3 is 0 Å². The van der Waals surface area contributed by atoms with Crippen molar-refractivity contribution in [3.63, 3.8) is 0 Å². The van der Waals surface area contributed by atoms with Crippen LogP contribution in [0.4, 0.5) is 5.69 Å². The van der Waals surface area contributed by atoms with Gasteiger partial charge < -0.3 is 5.73 Å². The second kappa shape index (κ2) is 5.22. The van der Waals surface area contributed by atoms with E-state index in [4.69, 9.17) is 10.9 Å². The normalized spacial score (nSPS) is 11.8. The predicted molar refractivity (Wildman–Crippen MR) is 75.9 cm³/mol. The molecule has 0 aliphatic carbocycles. The van der Waals surface area contributed by atoms with Crippen LogP contribution in [0, 0.1) is 0 Å². The summed E-state index contributed by atoms with van der Waals surface area (Å²) in [4.78, 5) is 4.30. The largest absolute Gasteiger partial charge is 0.398 e. The van der Waals surface area contributed by atoms with Crippen LogP contribution in [-0.2, 0) is 22.9 Å². The maximum atomic E-state index is 11.3. The first-order valence-corrected chi connectivity index (χ1v) is 7.79. The third-order valence-corrected chi connectivity index (χ3v) is 3.88. The zero-order valence-electron chi connectivity index (χ0n) is 11.4. The molecule has 8 heteroatoms. The van der Waals surface area contributed by atoms with Crippen molar-refractivity contribution < 1.29 is 8.42 Å². The lowest BCUT2D eigenvalue weighted by atomic mass is 10.3. The number of hydrogen-bond donors (Lipinski definition) is 2. The summed E-state index contributed by atoms with van der Waals surface area (Å²) in [6.45, 7) is 3.94. The molecule has 7 nitrogen and oxygen atoms in total. The molecule has 0 aliphatic rings. The number of aromatic nitrogens is 3. The van der Waals surface area contributed by atoms with Crippen molar-refractivity contribution >= 4 is 15.7 Å². The number of primary sulfonamides is 1. The van der Waals surface area contributed by atoms with Crippen LogP contribution in [0.3, 0.4) is 0 Å². The molecule has 4 N–H and O–H groups in total. The van der Waals surface area contributed by atoms with Crippen molar-refractivity contribution in [1.29, 1.82) is 0 Å². The van der Waals surface area contributed by atoms with Crippen molar-refractivity contribution in [1.82, 2.24) is 14.8 Å². The van der Waals surface area contributed by atoms with E-state index < -0.39 is 10.0 Å². The Morgan fingerprint density at radius 2 is 1.95 bits per heavy atom. The molecule has 108 valence electrons. The highest BCUT2D eigenvalue weighted by Crippen LogP contribution is 2.21. The van der Waals surface area contributed by atoms with Crippen molar-refractivity contribution in [3.8, 4) is 5.69 Å². The fraction of sp³-hybridized carbons (Fsp3) is 0.333. The van der Waals surface area contributed by atoms with Gasteiger partial charge in [-0.15, -0.1) is 0 Å². The predicted octanol–water partition coefficient (Wildman–Crippen LogP) is 0.622. The van der Waals surface area contributed by atoms with Gasteiger partial charge in [0.05, 0.1) is 11.4 Å². The first-order chi connectivity index (χ1) is 9.36. The first-order valence-electron chi connectivity index (χ1n) is 6.24. The second-order valence-electron chi connectivity index (χ2n) is 4.33. The molecule has 0 radical (unpaired) electrons. The lowest BCUT2D eigenvalue weighted by Gasteiger charge is -2.08. The van der Waals surface area contributed by atoms with E-state index >= 15 is 0 Å². The van der Waals surface area contributed by atoms with Crippen molar-refractivity contribution in [3.05, 3.63) is 29.8 Å². The van der Waals surface area contributed by atoms with Gasteiger partial charge in [0.15, 0.2) is 5.82 Å². The van der Waals surface area contributed by atoms with Crippen molar-refractivity contribution in [2.45, 2.75) is 31.6 Å². The maximum absolute atomic E-state index is 11.3. The van der Waals surface area contributed by atoms with Crippen LogP contribution in [0.5, 0.6) is 0 Å². The van der Waals surface area contributed by atoms with E-state index in [0.29, 0.717) is 12.1 Å². The summed E-state index contributed by atoms with van der Waals surface area (Å²) in [5.41, 5.74) is 6.52. The summed E-state index contributed by atoms with van der Waals surface area (Å²) in [6.07, 6.45) is 1.44. The molecule has 2 aromatic rings. The highest BCUT2D eigenvalue weighted by atomic mass is 32.2. The minimum Gasteiger partial charge on any atom is -0.398 e. The van der Waals surface area contributed by atoms with E-state index in [1.807, 2.05) is 13.8 Å². The van der Waals surface area contributed by atoms with E-state index in [9.17, 15) is 8.42 Å². The van der Waals surface area contributed by atoms with Crippen LogP contribution in [0.1, 0.15) is 25.5 Å². The number of anilines is 1. The Kier molecular flexibility index (Phi) is 3.78. The van der Waals surface area contributed by atoms with Gasteiger partial charge in [-0.25, -0.2) is 23.2 Å². The van der Waals surface area contributed by atoms with Crippen LogP contribution in [0.2, 0.25) is 0 Å². The average molecular weight is 295 g/mol. The minimum absolute atomic E-state index is 0.0878. The number of nitrogens with two attached hydrogens (primary N) is 2. The van der Waals surface area contributed by atoms with E-state index in [2.05, 4.69) is 10.1 Å². The van der Waals surface area contributed by atoms with Crippen LogP contribution in [-0.4, -0.2) is 23.2 Å². The van der Waals surface area contributed by atoms with Gasteiger partial charge in [0.1, 0.15) is 10.7 Å². The summed E-state index contributed by atoms with van der Waals surface area (Å²) < 4.78 is 24.3. The Hall–Kier alpha value is -1.93. The molecular formula is C12H17N5O2S. The van der Waals surface area contributed by atoms with E-state index in [0.717, 1.165) is 18.1 Å². The second-order valence-corrected chi connectivity index (χ2v) is 5.86. The monoisotopic (exact) mass is 295 g/mol. The average Bonchev–Trinajstić information content (AvgIpc) is 2.80. The number of nitrogens with zero attached hydrogens (tertiary/aromatic N) is 3. The number of nitrogen functional groups attached to an aromatic ring is 1. The van der Waals surface area contributed by atoms with Gasteiger partial charge in [0.2, 0.25) is 10.0 Å². The smallest absolute Gasteiger partial charge is 0.240 e. The Morgan fingerprint density at radius 3 is 2.45 bits per heavy atom. The van der Waals surface area contributed by atoms with Crippen LogP contribution in [0.15, 0.2) is 23.1 Å². The highest BCUT2D eigenvalue weighted by molar-refractivity contribution is 7.89. The van der Waals surface area contributed by atoms with Crippen LogP contribution in [0.25, 0.3) is 5.69 Å². The van der Waals surface area contributed by atoms with Gasteiger partial charge in [0, 0.05) is 12.8 Å². The third-order valence-electron chi connectivity index (χ3n) is 2.89. The van der Waals surface area contributed by atoms with Gasteiger partial charge in [-0.2, -0.15) is 5.10 Å². The Morgan fingerprint density at radius 1 is 1.25 bits per heavy atom. The van der Waals surface area contributed by atoms with E-state index in [-0.39, 0.29) is 10.6 Å². The van der Waals surface area contributed by atoms with E-state index in [1.165, 1.54) is 12.1 Å². The molecule has 0 aliphatic heterocycles. The molecule has 0 unspecified atom stereocenters. The maximum Gasteiger partial charge on any atom is 0.240 e. The molecule has 20 heavy (non-hydrogen) atoms. The topological polar surface area (TPSA) is 117 Å². The molecular weight excluding hydrogens is 278 g/mol. The minimum atomic E-state index is -3.82. The number of sulfonamides is 1. The molecule has 0 bridgehead atoms. The summed E-state index contributed by atoms with van der Waals surface area (Å²) in [6, 6.07) is 4.53. The molecule has 1 heterocycles. The number of hydrogen-bond acceptors (Lipinski definition) is 5. The quantitative estimate of drug-likeness (QED) is 0.802. The summed E-state index contributed by atoms with van der Waals surface area (Å²) in [5.74, 6) is 1.53. The van der Waals surface area contributed by atoms with Gasteiger partial charge in [0.25, 0.3) is 0 Å². The third kappa shape index (κ3) is 2.66. The first kappa shape index (κ1) is 14.5. The molecule has 0 saturated carbocycles. The van der Waals surface area contributed by atoms with Gasteiger partial charge in [-0.1, -0.05) is 13.8 Å². The Balaban J connectivity index is 2.55. The summed E-state index contributed by atoms with van der Waals surface area (Å²) in [5, 5.41) is 9.46. The Labute approximate surface area is 117 Å². The molecule has 0 saturated heterocycles. The Bertz CT molecular complexity index is 736. The van der Waals surface area contributed by atoms with Gasteiger partial charge in [-0.05, 0) is 18.2 Å². The van der Waals surface area contributed by atoms with Crippen molar-refractivity contribution in [2.75, 3.05) is 5.73 Å². The highest BCUT2D eigenvalue weighted by Gasteiger charge is 2.15. The zero-order valence-corrected chi connectivity index (χ0v) is 12.2. The number of benzene rings is 1. The molecule has 0 spiro atoms. The number of rotatable bonds is 4. The molecule has 2 rings (SSSR count). The molecule has 0 amide bonds. The zero-order chi connectivity index (χ0) is 14.9. The fourth-order valence-corrected chi connectivity index (χ4v) is 2.55.